The molecule has 1 unspecified atom stereocenters. The third-order valence-corrected chi connectivity index (χ3v) is 4.03. The van der Waals surface area contributed by atoms with Gasteiger partial charge in [-0.05, 0) is 18.6 Å². The summed E-state index contributed by atoms with van der Waals surface area (Å²) >= 11 is 0. The number of rotatable bonds is 14. The molecule has 0 aromatic rings. The fourth-order valence-electron chi connectivity index (χ4n) is 2.79. The highest BCUT2D eigenvalue weighted by Gasteiger charge is 2.05. The molecule has 0 amide bonds. The molecular formula is C18H37N. The standard InChI is InChI=1S/C18H37N/c1-4-6-7-8-9-10-11-12-13-15-18(14-5-2)16-17-19-3/h17-18H,4-16H2,1-3H3. The summed E-state index contributed by atoms with van der Waals surface area (Å²) in [5.74, 6) is 0.887. The molecule has 0 aliphatic heterocycles. The first-order chi connectivity index (χ1) is 9.35. The van der Waals surface area contributed by atoms with Crippen molar-refractivity contribution in [2.75, 3.05) is 7.05 Å². The van der Waals surface area contributed by atoms with Crippen LogP contribution in [0.2, 0.25) is 0 Å². The van der Waals surface area contributed by atoms with Crippen LogP contribution in [0.15, 0.2) is 4.99 Å². The van der Waals surface area contributed by atoms with Gasteiger partial charge in [0.05, 0.1) is 0 Å². The molecule has 114 valence electrons. The second-order valence-corrected chi connectivity index (χ2v) is 5.95. The Morgan fingerprint density at radius 3 is 1.84 bits per heavy atom. The molecule has 1 atom stereocenters. The highest BCUT2D eigenvalue weighted by atomic mass is 14.6. The van der Waals surface area contributed by atoms with Crippen molar-refractivity contribution in [2.45, 2.75) is 97.3 Å². The van der Waals surface area contributed by atoms with Crippen molar-refractivity contribution in [1.82, 2.24) is 0 Å². The van der Waals surface area contributed by atoms with Crippen molar-refractivity contribution >= 4 is 6.21 Å². The Balaban J connectivity index is 3.34. The Hall–Kier alpha value is -0.330. The zero-order valence-corrected chi connectivity index (χ0v) is 13.8. The molecule has 0 radical (unpaired) electrons. The lowest BCUT2D eigenvalue weighted by atomic mass is 9.93. The van der Waals surface area contributed by atoms with Gasteiger partial charge in [0.1, 0.15) is 0 Å². The second-order valence-electron chi connectivity index (χ2n) is 5.95. The minimum atomic E-state index is 0.887. The van der Waals surface area contributed by atoms with Crippen molar-refractivity contribution in [1.29, 1.82) is 0 Å². The molecule has 0 saturated carbocycles. The summed E-state index contributed by atoms with van der Waals surface area (Å²) in [5, 5.41) is 0. The Morgan fingerprint density at radius 1 is 0.737 bits per heavy atom. The number of hydrogen-bond acceptors (Lipinski definition) is 1. The molecule has 0 aromatic heterocycles. The fraction of sp³-hybridized carbons (Fsp3) is 0.944. The van der Waals surface area contributed by atoms with Gasteiger partial charge in [-0.15, -0.1) is 0 Å². The summed E-state index contributed by atoms with van der Waals surface area (Å²) in [6.07, 6.45) is 20.3. The largest absolute Gasteiger partial charge is 0.301 e. The van der Waals surface area contributed by atoms with Crippen LogP contribution in [0.3, 0.4) is 0 Å². The molecule has 0 heterocycles. The predicted molar refractivity (Wildman–Crippen MR) is 89.3 cm³/mol. The molecule has 0 bridgehead atoms. The lowest BCUT2D eigenvalue weighted by molar-refractivity contribution is 0.432. The number of nitrogens with zero attached hydrogens (tertiary/aromatic N) is 1. The highest BCUT2D eigenvalue weighted by molar-refractivity contribution is 5.57. The quantitative estimate of drug-likeness (QED) is 0.254. The van der Waals surface area contributed by atoms with E-state index in [1.165, 1.54) is 83.5 Å². The summed E-state index contributed by atoms with van der Waals surface area (Å²) in [6, 6.07) is 0. The van der Waals surface area contributed by atoms with E-state index in [0.29, 0.717) is 0 Å². The molecule has 0 rings (SSSR count). The Morgan fingerprint density at radius 2 is 1.32 bits per heavy atom. The van der Waals surface area contributed by atoms with E-state index in [1.54, 1.807) is 0 Å². The van der Waals surface area contributed by atoms with Crippen LogP contribution in [0.25, 0.3) is 0 Å². The smallest absolute Gasteiger partial charge is 0.0273 e. The van der Waals surface area contributed by atoms with E-state index in [1.807, 2.05) is 7.05 Å². The van der Waals surface area contributed by atoms with Crippen molar-refractivity contribution in [2.24, 2.45) is 10.9 Å². The maximum atomic E-state index is 4.13. The molecule has 19 heavy (non-hydrogen) atoms. The summed E-state index contributed by atoms with van der Waals surface area (Å²) in [5.41, 5.74) is 0. The Kier molecular flexibility index (Phi) is 15.5. The molecular weight excluding hydrogens is 230 g/mol. The Bertz CT molecular complexity index is 186. The van der Waals surface area contributed by atoms with E-state index < -0.39 is 0 Å². The van der Waals surface area contributed by atoms with Crippen LogP contribution < -0.4 is 0 Å². The monoisotopic (exact) mass is 267 g/mol. The first-order valence-corrected chi connectivity index (χ1v) is 8.75. The third kappa shape index (κ3) is 13.9. The van der Waals surface area contributed by atoms with Gasteiger partial charge in [-0.25, -0.2) is 0 Å². The van der Waals surface area contributed by atoms with Crippen LogP contribution in [0.4, 0.5) is 0 Å². The number of aliphatic imine (C=N–C) groups is 1. The topological polar surface area (TPSA) is 12.4 Å². The third-order valence-electron chi connectivity index (χ3n) is 4.03. The highest BCUT2D eigenvalue weighted by Crippen LogP contribution is 2.19. The van der Waals surface area contributed by atoms with Gasteiger partial charge < -0.3 is 4.99 Å². The van der Waals surface area contributed by atoms with Crippen molar-refractivity contribution in [3.8, 4) is 0 Å². The molecule has 0 aliphatic rings. The maximum absolute atomic E-state index is 4.13. The lowest BCUT2D eigenvalue weighted by Crippen LogP contribution is -2.01. The molecule has 0 aliphatic carbocycles. The summed E-state index contributed by atoms with van der Waals surface area (Å²) in [7, 11) is 1.89. The zero-order valence-electron chi connectivity index (χ0n) is 13.8. The molecule has 0 aromatic carbocycles. The fourth-order valence-corrected chi connectivity index (χ4v) is 2.79. The molecule has 0 fully saturated rings. The normalized spacial score (nSPS) is 13.2. The first kappa shape index (κ1) is 18.7. The summed E-state index contributed by atoms with van der Waals surface area (Å²) in [6.45, 7) is 4.59. The summed E-state index contributed by atoms with van der Waals surface area (Å²) < 4.78 is 0. The van der Waals surface area contributed by atoms with Crippen molar-refractivity contribution < 1.29 is 0 Å². The first-order valence-electron chi connectivity index (χ1n) is 8.75. The van der Waals surface area contributed by atoms with Crippen LogP contribution in [-0.4, -0.2) is 13.3 Å². The minimum Gasteiger partial charge on any atom is -0.301 e. The molecule has 0 saturated heterocycles. The van der Waals surface area contributed by atoms with E-state index in [-0.39, 0.29) is 0 Å². The minimum absolute atomic E-state index is 0.887. The van der Waals surface area contributed by atoms with Crippen LogP contribution in [-0.2, 0) is 0 Å². The Labute approximate surface area is 122 Å². The van der Waals surface area contributed by atoms with E-state index in [9.17, 15) is 0 Å². The average Bonchev–Trinajstić information content (AvgIpc) is 2.42. The van der Waals surface area contributed by atoms with Crippen LogP contribution >= 0.6 is 0 Å². The van der Waals surface area contributed by atoms with Crippen LogP contribution in [0, 0.1) is 5.92 Å². The SMILES string of the molecule is CCCCCCCCCCCC(CC=NC)CCC. The van der Waals surface area contributed by atoms with Gasteiger partial charge in [-0.2, -0.15) is 0 Å². The van der Waals surface area contributed by atoms with E-state index in [0.717, 1.165) is 5.92 Å². The van der Waals surface area contributed by atoms with Crippen LogP contribution in [0.5, 0.6) is 0 Å². The van der Waals surface area contributed by atoms with Crippen LogP contribution in [0.1, 0.15) is 97.3 Å². The van der Waals surface area contributed by atoms with E-state index in [2.05, 4.69) is 25.1 Å². The van der Waals surface area contributed by atoms with Gasteiger partial charge in [-0.1, -0.05) is 90.9 Å². The van der Waals surface area contributed by atoms with E-state index >= 15 is 0 Å². The summed E-state index contributed by atoms with van der Waals surface area (Å²) in [4.78, 5) is 4.13. The molecule has 0 spiro atoms. The van der Waals surface area contributed by atoms with Crippen molar-refractivity contribution in [3.05, 3.63) is 0 Å². The molecule has 1 heteroatoms. The second kappa shape index (κ2) is 15.7. The number of unbranched alkanes of at least 4 members (excludes halogenated alkanes) is 8. The van der Waals surface area contributed by atoms with Gasteiger partial charge in [0.2, 0.25) is 0 Å². The van der Waals surface area contributed by atoms with Gasteiger partial charge in [0.15, 0.2) is 0 Å². The van der Waals surface area contributed by atoms with Gasteiger partial charge in [0.25, 0.3) is 0 Å². The zero-order chi connectivity index (χ0) is 14.2. The van der Waals surface area contributed by atoms with Gasteiger partial charge in [-0.3, -0.25) is 0 Å². The van der Waals surface area contributed by atoms with Gasteiger partial charge >= 0.3 is 0 Å². The molecule has 1 nitrogen and oxygen atoms in total. The van der Waals surface area contributed by atoms with Crippen molar-refractivity contribution in [3.63, 3.8) is 0 Å². The van der Waals surface area contributed by atoms with E-state index in [4.69, 9.17) is 0 Å². The average molecular weight is 268 g/mol. The predicted octanol–water partition coefficient (Wildman–Crippen LogP) is 6.41. The molecule has 0 N–H and O–H groups in total. The lowest BCUT2D eigenvalue weighted by Gasteiger charge is -2.13. The van der Waals surface area contributed by atoms with Gasteiger partial charge in [0, 0.05) is 7.05 Å². The number of hydrogen-bond donors (Lipinski definition) is 0. The maximum Gasteiger partial charge on any atom is 0.0273 e.